The highest BCUT2D eigenvalue weighted by atomic mass is 19.4. The number of fused-ring (bicyclic) bond motifs is 1. The van der Waals surface area contributed by atoms with Gasteiger partial charge in [0.2, 0.25) is 0 Å². The molecule has 6 aromatic rings. The Morgan fingerprint density at radius 2 is 1.64 bits per heavy atom. The van der Waals surface area contributed by atoms with Crippen molar-refractivity contribution in [3.63, 3.8) is 0 Å². The third-order valence-electron chi connectivity index (χ3n) is 7.51. The molecule has 1 amide bonds. The quantitative estimate of drug-likeness (QED) is 0.177. The van der Waals surface area contributed by atoms with E-state index in [2.05, 4.69) is 15.4 Å². The van der Waals surface area contributed by atoms with Crippen molar-refractivity contribution in [1.29, 1.82) is 0 Å². The summed E-state index contributed by atoms with van der Waals surface area (Å²) in [7, 11) is 0. The number of aromatic nitrogens is 3. The van der Waals surface area contributed by atoms with Gasteiger partial charge < -0.3 is 14.6 Å². The molecule has 47 heavy (non-hydrogen) atoms. The van der Waals surface area contributed by atoms with Gasteiger partial charge in [-0.05, 0) is 80.6 Å². The molecule has 11 heteroatoms. The Kier molecular flexibility index (Phi) is 8.45. The number of anilines is 1. The molecule has 6 rings (SSSR count). The number of carbonyl (C=O) groups excluding carboxylic acids is 1. The Labute approximate surface area is 267 Å². The van der Waals surface area contributed by atoms with Crippen molar-refractivity contribution >= 4 is 28.7 Å². The van der Waals surface area contributed by atoms with Gasteiger partial charge in [-0.15, -0.1) is 0 Å². The Balaban J connectivity index is 1.28. The number of alkyl halides is 3. The van der Waals surface area contributed by atoms with Crippen LogP contribution in [0.1, 0.15) is 22.5 Å². The first kappa shape index (κ1) is 31.0. The number of ether oxygens (including phenoxy) is 1. The van der Waals surface area contributed by atoms with E-state index in [4.69, 9.17) is 4.74 Å². The van der Waals surface area contributed by atoms with Crippen LogP contribution in [0.5, 0.6) is 5.75 Å². The van der Waals surface area contributed by atoms with Crippen LogP contribution >= 0.6 is 0 Å². The second kappa shape index (κ2) is 12.8. The number of hydrogen-bond donors (Lipinski definition) is 1. The van der Waals surface area contributed by atoms with E-state index in [-0.39, 0.29) is 29.3 Å². The van der Waals surface area contributed by atoms with Gasteiger partial charge in [0, 0.05) is 33.9 Å². The first-order valence-corrected chi connectivity index (χ1v) is 14.6. The Morgan fingerprint density at radius 1 is 0.915 bits per heavy atom. The summed E-state index contributed by atoms with van der Waals surface area (Å²) in [6.45, 7) is 3.66. The molecule has 0 bridgehead atoms. The molecule has 0 spiro atoms. The molecule has 4 aromatic carbocycles. The van der Waals surface area contributed by atoms with Crippen LogP contribution in [0.3, 0.4) is 0 Å². The fourth-order valence-electron chi connectivity index (χ4n) is 5.25. The van der Waals surface area contributed by atoms with Gasteiger partial charge in [-0.2, -0.15) is 22.9 Å². The number of amides is 1. The van der Waals surface area contributed by atoms with Gasteiger partial charge in [0.05, 0.1) is 22.7 Å². The first-order valence-electron chi connectivity index (χ1n) is 14.6. The molecule has 236 valence electrons. The molecule has 2 heterocycles. The van der Waals surface area contributed by atoms with Crippen molar-refractivity contribution in [2.24, 2.45) is 5.10 Å². The Hall–Kier alpha value is -5.97. The lowest BCUT2D eigenvalue weighted by atomic mass is 10.1. The summed E-state index contributed by atoms with van der Waals surface area (Å²) >= 11 is 0. The number of rotatable bonds is 8. The minimum Gasteiger partial charge on any atom is -0.484 e. The van der Waals surface area contributed by atoms with Crippen LogP contribution in [-0.4, -0.2) is 33.0 Å². The molecule has 0 unspecified atom stereocenters. The van der Waals surface area contributed by atoms with Gasteiger partial charge >= 0.3 is 6.18 Å². The monoisotopic (exact) mass is 635 g/mol. The second-order valence-corrected chi connectivity index (χ2v) is 10.8. The minimum absolute atomic E-state index is 0.0158. The number of nitrogens with one attached hydrogen (secondary N) is 1. The highest BCUT2D eigenvalue weighted by Gasteiger charge is 2.31. The van der Waals surface area contributed by atoms with Crippen molar-refractivity contribution in [2.75, 3.05) is 11.9 Å². The number of nitrogens with zero attached hydrogens (tertiary/aromatic N) is 4. The molecule has 0 fully saturated rings. The smallest absolute Gasteiger partial charge is 0.416 e. The number of carbonyl (C=O) groups is 1. The summed E-state index contributed by atoms with van der Waals surface area (Å²) in [5.41, 5.74) is 2.97. The van der Waals surface area contributed by atoms with Crippen molar-refractivity contribution < 1.29 is 22.7 Å². The van der Waals surface area contributed by atoms with E-state index in [1.807, 2.05) is 54.8 Å². The number of hydrogen-bond acceptors (Lipinski definition) is 5. The number of halogens is 3. The molecule has 2 aromatic heterocycles. The maximum absolute atomic E-state index is 13.6. The largest absolute Gasteiger partial charge is 0.484 e. The van der Waals surface area contributed by atoms with Gasteiger partial charge in [0.15, 0.2) is 12.4 Å². The predicted molar refractivity (Wildman–Crippen MR) is 175 cm³/mol. The number of para-hydroxylation sites is 2. The Bertz CT molecular complexity index is 2170. The third kappa shape index (κ3) is 6.69. The lowest BCUT2D eigenvalue weighted by Crippen LogP contribution is -2.20. The molecular formula is C36H28F3N5O3. The van der Waals surface area contributed by atoms with Crippen molar-refractivity contribution in [3.05, 3.63) is 142 Å². The lowest BCUT2D eigenvalue weighted by molar-refractivity contribution is -0.137. The van der Waals surface area contributed by atoms with Gasteiger partial charge in [0.25, 0.3) is 11.5 Å². The summed E-state index contributed by atoms with van der Waals surface area (Å²) < 4.78 is 49.3. The van der Waals surface area contributed by atoms with E-state index >= 15 is 0 Å². The molecule has 0 radical (unpaired) electrons. The fraction of sp³-hybridized carbons (Fsp3) is 0.111. The van der Waals surface area contributed by atoms with Gasteiger partial charge in [0.1, 0.15) is 5.75 Å². The minimum atomic E-state index is -4.57. The zero-order valence-corrected chi connectivity index (χ0v) is 25.3. The average molecular weight is 636 g/mol. The SMILES string of the molecule is Cc1cc(C=Nn2c(-c3cccc(C(F)(F)F)c3)nc3ccccc3c2=O)c(C)n1-c1ccc(OCC(=O)Nc2ccccc2)cc1. The van der Waals surface area contributed by atoms with Gasteiger partial charge in [-0.1, -0.05) is 42.5 Å². The van der Waals surface area contributed by atoms with E-state index in [0.29, 0.717) is 22.5 Å². The van der Waals surface area contributed by atoms with E-state index < -0.39 is 17.3 Å². The number of benzene rings is 4. The summed E-state index contributed by atoms with van der Waals surface area (Å²) in [4.78, 5) is 30.3. The van der Waals surface area contributed by atoms with Crippen LogP contribution in [0.2, 0.25) is 0 Å². The fourth-order valence-corrected chi connectivity index (χ4v) is 5.25. The normalized spacial score (nSPS) is 11.7. The average Bonchev–Trinajstić information content (AvgIpc) is 3.35. The van der Waals surface area contributed by atoms with E-state index in [1.54, 1.807) is 48.5 Å². The maximum Gasteiger partial charge on any atom is 0.416 e. The van der Waals surface area contributed by atoms with Gasteiger partial charge in [-0.25, -0.2) is 4.98 Å². The highest BCUT2D eigenvalue weighted by Crippen LogP contribution is 2.32. The van der Waals surface area contributed by atoms with Crippen LogP contribution in [-0.2, 0) is 11.0 Å². The molecule has 0 aliphatic heterocycles. The van der Waals surface area contributed by atoms with E-state index in [1.165, 1.54) is 18.3 Å². The first-order chi connectivity index (χ1) is 22.6. The van der Waals surface area contributed by atoms with Crippen LogP contribution in [0, 0.1) is 13.8 Å². The highest BCUT2D eigenvalue weighted by molar-refractivity contribution is 5.91. The number of aryl methyl sites for hydroxylation is 1. The molecule has 8 nitrogen and oxygen atoms in total. The van der Waals surface area contributed by atoms with Crippen LogP contribution in [0.25, 0.3) is 28.0 Å². The zero-order chi connectivity index (χ0) is 33.1. The predicted octanol–water partition coefficient (Wildman–Crippen LogP) is 7.39. The van der Waals surface area contributed by atoms with Crippen molar-refractivity contribution in [2.45, 2.75) is 20.0 Å². The third-order valence-corrected chi connectivity index (χ3v) is 7.51. The summed E-state index contributed by atoms with van der Waals surface area (Å²) in [5, 5.41) is 7.51. The van der Waals surface area contributed by atoms with Crippen LogP contribution in [0.15, 0.2) is 119 Å². The standard InChI is InChI=1S/C36H28F3N5O3/c1-23-19-26(24(2)43(23)29-15-17-30(18-16-29)47-22-33(45)41-28-11-4-3-5-12-28)21-40-44-34(25-9-8-10-27(20-25)36(37,38)39)42-32-14-7-6-13-31(32)35(44)46/h3-21H,22H2,1-2H3,(H,41,45). The summed E-state index contributed by atoms with van der Waals surface area (Å²) in [5.74, 6) is 0.225. The summed E-state index contributed by atoms with van der Waals surface area (Å²) in [6.07, 6.45) is -3.07. The topological polar surface area (TPSA) is 90.5 Å². The molecule has 1 N–H and O–H groups in total. The molecule has 0 saturated carbocycles. The van der Waals surface area contributed by atoms with Crippen LogP contribution < -0.4 is 15.6 Å². The molecule has 0 atom stereocenters. The van der Waals surface area contributed by atoms with Gasteiger partial charge in [-0.3, -0.25) is 9.59 Å². The second-order valence-electron chi connectivity index (χ2n) is 10.8. The molecule has 0 saturated heterocycles. The van der Waals surface area contributed by atoms with E-state index in [0.717, 1.165) is 33.9 Å². The zero-order valence-electron chi connectivity index (χ0n) is 25.3. The Morgan fingerprint density at radius 3 is 2.38 bits per heavy atom. The molecule has 0 aliphatic rings. The maximum atomic E-state index is 13.6. The molecular weight excluding hydrogens is 607 g/mol. The van der Waals surface area contributed by atoms with Crippen molar-refractivity contribution in [1.82, 2.24) is 14.2 Å². The van der Waals surface area contributed by atoms with Crippen LogP contribution in [0.4, 0.5) is 18.9 Å². The molecule has 0 aliphatic carbocycles. The lowest BCUT2D eigenvalue weighted by Gasteiger charge is -2.12. The summed E-state index contributed by atoms with van der Waals surface area (Å²) in [6, 6.07) is 29.5. The van der Waals surface area contributed by atoms with E-state index in [9.17, 15) is 22.8 Å². The van der Waals surface area contributed by atoms with Crippen molar-refractivity contribution in [3.8, 4) is 22.8 Å².